The molecule has 1 heterocycles. The standard InChI is InChI=1S/C6H12N2O2/c1-7-5-10-6(9)8-3-2-4-8/h7H,2-5H2,1H3. The molecule has 1 saturated heterocycles. The van der Waals surface area contributed by atoms with Crippen molar-refractivity contribution < 1.29 is 9.53 Å². The molecule has 0 aromatic heterocycles. The smallest absolute Gasteiger partial charge is 0.411 e. The van der Waals surface area contributed by atoms with E-state index in [1.165, 1.54) is 0 Å². The number of carbonyl (C=O) groups excluding carboxylic acids is 1. The lowest BCUT2D eigenvalue weighted by Crippen LogP contribution is -2.43. The third-order valence-corrected chi connectivity index (χ3v) is 1.45. The number of hydrogen-bond donors (Lipinski definition) is 1. The first-order valence-electron chi connectivity index (χ1n) is 3.41. The summed E-state index contributed by atoms with van der Waals surface area (Å²) < 4.78 is 4.77. The second kappa shape index (κ2) is 3.41. The second-order valence-electron chi connectivity index (χ2n) is 2.25. The maximum atomic E-state index is 10.8. The highest BCUT2D eigenvalue weighted by atomic mass is 16.6. The lowest BCUT2D eigenvalue weighted by atomic mass is 10.2. The van der Waals surface area contributed by atoms with Gasteiger partial charge in [-0.2, -0.15) is 0 Å². The number of rotatable bonds is 2. The van der Waals surface area contributed by atoms with Gasteiger partial charge in [-0.25, -0.2) is 4.79 Å². The molecule has 0 unspecified atom stereocenters. The summed E-state index contributed by atoms with van der Waals surface area (Å²) in [5, 5.41) is 2.73. The van der Waals surface area contributed by atoms with Crippen LogP contribution in [0.25, 0.3) is 0 Å². The number of likely N-dealkylation sites (tertiary alicyclic amines) is 1. The van der Waals surface area contributed by atoms with Crippen LogP contribution in [0, 0.1) is 0 Å². The molecule has 1 N–H and O–H groups in total. The predicted octanol–water partition coefficient (Wildman–Crippen LogP) is 0.00560. The normalized spacial score (nSPS) is 16.3. The molecule has 0 saturated carbocycles. The Bertz CT molecular complexity index is 123. The molecule has 4 heteroatoms. The minimum atomic E-state index is -0.208. The van der Waals surface area contributed by atoms with E-state index >= 15 is 0 Å². The molecular weight excluding hydrogens is 132 g/mol. The van der Waals surface area contributed by atoms with Crippen molar-refractivity contribution in [2.45, 2.75) is 6.42 Å². The molecule has 0 atom stereocenters. The van der Waals surface area contributed by atoms with E-state index in [0.717, 1.165) is 19.5 Å². The van der Waals surface area contributed by atoms with Gasteiger partial charge in [0.2, 0.25) is 0 Å². The van der Waals surface area contributed by atoms with Gasteiger partial charge in [-0.05, 0) is 13.5 Å². The molecule has 0 bridgehead atoms. The van der Waals surface area contributed by atoms with E-state index in [2.05, 4.69) is 5.32 Å². The average molecular weight is 144 g/mol. The summed E-state index contributed by atoms with van der Waals surface area (Å²) in [4.78, 5) is 12.5. The molecule has 58 valence electrons. The van der Waals surface area contributed by atoms with Crippen LogP contribution in [0.1, 0.15) is 6.42 Å². The van der Waals surface area contributed by atoms with Gasteiger partial charge in [-0.1, -0.05) is 0 Å². The molecule has 4 nitrogen and oxygen atoms in total. The fourth-order valence-electron chi connectivity index (χ4n) is 0.724. The predicted molar refractivity (Wildman–Crippen MR) is 36.6 cm³/mol. The van der Waals surface area contributed by atoms with Crippen LogP contribution in [-0.2, 0) is 4.74 Å². The van der Waals surface area contributed by atoms with E-state index in [1.54, 1.807) is 11.9 Å². The van der Waals surface area contributed by atoms with E-state index in [4.69, 9.17) is 4.74 Å². The van der Waals surface area contributed by atoms with Crippen molar-refractivity contribution in [1.82, 2.24) is 10.2 Å². The zero-order valence-corrected chi connectivity index (χ0v) is 6.09. The minimum Gasteiger partial charge on any atom is -0.433 e. The van der Waals surface area contributed by atoms with Crippen molar-refractivity contribution in [2.75, 3.05) is 26.9 Å². The molecule has 1 aliphatic rings. The zero-order chi connectivity index (χ0) is 7.40. The largest absolute Gasteiger partial charge is 0.433 e. The summed E-state index contributed by atoms with van der Waals surface area (Å²) in [7, 11) is 1.74. The maximum absolute atomic E-state index is 10.8. The number of ether oxygens (including phenoxy) is 1. The van der Waals surface area contributed by atoms with Crippen LogP contribution >= 0.6 is 0 Å². The van der Waals surface area contributed by atoms with Gasteiger partial charge in [0.15, 0.2) is 0 Å². The van der Waals surface area contributed by atoms with Crippen LogP contribution < -0.4 is 5.32 Å². The van der Waals surface area contributed by atoms with E-state index in [9.17, 15) is 4.79 Å². The van der Waals surface area contributed by atoms with E-state index < -0.39 is 0 Å². The third kappa shape index (κ3) is 1.60. The Morgan fingerprint density at radius 2 is 2.40 bits per heavy atom. The van der Waals surface area contributed by atoms with Gasteiger partial charge in [0, 0.05) is 13.1 Å². The highest BCUT2D eigenvalue weighted by molar-refractivity contribution is 5.68. The highest BCUT2D eigenvalue weighted by Crippen LogP contribution is 2.06. The minimum absolute atomic E-state index is 0.208. The van der Waals surface area contributed by atoms with Crippen molar-refractivity contribution in [2.24, 2.45) is 0 Å². The summed E-state index contributed by atoms with van der Waals surface area (Å²) >= 11 is 0. The van der Waals surface area contributed by atoms with Crippen LogP contribution in [0.2, 0.25) is 0 Å². The van der Waals surface area contributed by atoms with Gasteiger partial charge in [-0.3, -0.25) is 5.32 Å². The fraction of sp³-hybridized carbons (Fsp3) is 0.833. The molecule has 0 aromatic rings. The third-order valence-electron chi connectivity index (χ3n) is 1.45. The highest BCUT2D eigenvalue weighted by Gasteiger charge is 2.20. The van der Waals surface area contributed by atoms with E-state index in [1.807, 2.05) is 0 Å². The Morgan fingerprint density at radius 1 is 1.70 bits per heavy atom. The molecule has 1 fully saturated rings. The van der Waals surface area contributed by atoms with Gasteiger partial charge >= 0.3 is 6.09 Å². The zero-order valence-electron chi connectivity index (χ0n) is 6.09. The van der Waals surface area contributed by atoms with Crippen LogP contribution in [-0.4, -0.2) is 37.9 Å². The number of nitrogens with zero attached hydrogens (tertiary/aromatic N) is 1. The number of hydrogen-bond acceptors (Lipinski definition) is 3. The molecule has 0 aliphatic carbocycles. The first-order chi connectivity index (χ1) is 4.84. The van der Waals surface area contributed by atoms with Gasteiger partial charge < -0.3 is 9.64 Å². The molecule has 0 radical (unpaired) electrons. The van der Waals surface area contributed by atoms with E-state index in [-0.39, 0.29) is 6.09 Å². The Labute approximate surface area is 60.1 Å². The van der Waals surface area contributed by atoms with Gasteiger partial charge in [-0.15, -0.1) is 0 Å². The maximum Gasteiger partial charge on any atom is 0.411 e. The average Bonchev–Trinajstić information content (AvgIpc) is 1.79. The molecule has 0 aromatic carbocycles. The van der Waals surface area contributed by atoms with Crippen LogP contribution in [0.4, 0.5) is 4.79 Å². The lowest BCUT2D eigenvalue weighted by molar-refractivity contribution is 0.0766. The quantitative estimate of drug-likeness (QED) is 0.555. The van der Waals surface area contributed by atoms with Gasteiger partial charge in [0.05, 0.1) is 0 Å². The van der Waals surface area contributed by atoms with Crippen LogP contribution in [0.3, 0.4) is 0 Å². The van der Waals surface area contributed by atoms with Crippen LogP contribution in [0.15, 0.2) is 0 Å². The van der Waals surface area contributed by atoms with Crippen molar-refractivity contribution in [3.8, 4) is 0 Å². The monoisotopic (exact) mass is 144 g/mol. The summed E-state index contributed by atoms with van der Waals surface area (Å²) in [6.45, 7) is 2.00. The van der Waals surface area contributed by atoms with E-state index in [0.29, 0.717) is 6.73 Å². The Hall–Kier alpha value is -0.770. The topological polar surface area (TPSA) is 41.6 Å². The van der Waals surface area contributed by atoms with Crippen molar-refractivity contribution in [3.05, 3.63) is 0 Å². The lowest BCUT2D eigenvalue weighted by Gasteiger charge is -2.29. The van der Waals surface area contributed by atoms with Gasteiger partial charge in [0.25, 0.3) is 0 Å². The molecule has 1 aliphatic heterocycles. The fourth-order valence-corrected chi connectivity index (χ4v) is 0.724. The molecule has 1 rings (SSSR count). The summed E-state index contributed by atoms with van der Waals surface area (Å²) in [5.74, 6) is 0. The first kappa shape index (κ1) is 7.34. The van der Waals surface area contributed by atoms with Crippen molar-refractivity contribution in [3.63, 3.8) is 0 Å². The molecule has 10 heavy (non-hydrogen) atoms. The summed E-state index contributed by atoms with van der Waals surface area (Å²) in [6.07, 6.45) is 0.898. The number of amides is 1. The van der Waals surface area contributed by atoms with Crippen molar-refractivity contribution >= 4 is 6.09 Å². The van der Waals surface area contributed by atoms with Crippen molar-refractivity contribution in [1.29, 1.82) is 0 Å². The number of carbonyl (C=O) groups is 1. The summed E-state index contributed by atoms with van der Waals surface area (Å²) in [6, 6.07) is 0. The second-order valence-corrected chi connectivity index (χ2v) is 2.25. The number of nitrogens with one attached hydrogen (secondary N) is 1. The summed E-state index contributed by atoms with van der Waals surface area (Å²) in [5.41, 5.74) is 0. The Morgan fingerprint density at radius 3 is 2.80 bits per heavy atom. The molecular formula is C6H12N2O2. The Balaban J connectivity index is 2.08. The molecule has 1 amide bonds. The Kier molecular flexibility index (Phi) is 2.50. The SMILES string of the molecule is CNCOC(=O)N1CCC1. The first-order valence-corrected chi connectivity index (χ1v) is 3.41. The van der Waals surface area contributed by atoms with Crippen LogP contribution in [0.5, 0.6) is 0 Å². The molecule has 0 spiro atoms. The van der Waals surface area contributed by atoms with Gasteiger partial charge in [0.1, 0.15) is 6.73 Å².